The molecule has 0 radical (unpaired) electrons. The molecule has 2 heterocycles. The van der Waals surface area contributed by atoms with Crippen LogP contribution in [0.25, 0.3) is 120 Å². The molecule has 0 amide bonds. The maximum Gasteiger partial charge on any atom is 0.0562 e. The summed E-state index contributed by atoms with van der Waals surface area (Å²) < 4.78 is 4.93. The van der Waals surface area contributed by atoms with Crippen LogP contribution >= 0.6 is 0 Å². The molecule has 13 aromatic carbocycles. The fraction of sp³-hybridized carbons (Fsp3) is 0. The highest BCUT2D eigenvalue weighted by atomic mass is 15.2. The average Bonchev–Trinajstić information content (AvgIpc) is 3.89. The molecule has 3 heteroatoms. The molecule has 0 fully saturated rings. The molecule has 0 bridgehead atoms. The largest absolute Gasteiger partial charge is 0.309 e. The normalized spacial score (nSPS) is 12.3. The second-order valence-corrected chi connectivity index (χ2v) is 17.6. The molecule has 0 aliphatic rings. The summed E-state index contributed by atoms with van der Waals surface area (Å²) in [6, 6.07) is 83.5. The van der Waals surface area contributed by atoms with Crippen LogP contribution in [0.2, 0.25) is 0 Å². The quantitative estimate of drug-likeness (QED) is 0.158. The molecule has 300 valence electrons. The molecule has 0 saturated heterocycles. The zero-order valence-electron chi connectivity index (χ0n) is 35.2. The number of nitrogens with zero attached hydrogens (tertiary/aromatic N) is 3. The molecule has 0 atom stereocenters. The van der Waals surface area contributed by atoms with E-state index in [1.54, 1.807) is 0 Å². The van der Waals surface area contributed by atoms with Gasteiger partial charge in [-0.05, 0) is 115 Å². The molecule has 0 N–H and O–H groups in total. The van der Waals surface area contributed by atoms with Crippen molar-refractivity contribution in [2.24, 2.45) is 0 Å². The lowest BCUT2D eigenvalue weighted by atomic mass is 9.91. The van der Waals surface area contributed by atoms with Crippen LogP contribution in [0.4, 0.5) is 17.1 Å². The van der Waals surface area contributed by atoms with Crippen molar-refractivity contribution in [2.75, 3.05) is 4.90 Å². The third-order valence-corrected chi connectivity index (χ3v) is 14.3. The molecule has 0 spiro atoms. The van der Waals surface area contributed by atoms with Crippen LogP contribution in [-0.4, -0.2) is 9.13 Å². The summed E-state index contributed by atoms with van der Waals surface area (Å²) in [7, 11) is 0. The molecule has 0 aliphatic heterocycles. The molecule has 0 aliphatic carbocycles. The summed E-state index contributed by atoms with van der Waals surface area (Å²) in [5, 5.41) is 20.1. The smallest absolute Gasteiger partial charge is 0.0562 e. The summed E-state index contributed by atoms with van der Waals surface area (Å²) in [6.07, 6.45) is 0. The third kappa shape index (κ3) is 4.68. The van der Waals surface area contributed by atoms with Crippen molar-refractivity contribution in [2.45, 2.75) is 0 Å². The Morgan fingerprint density at radius 1 is 0.231 bits per heavy atom. The monoisotopic (exact) mass is 823 g/mol. The van der Waals surface area contributed by atoms with E-state index in [9.17, 15) is 0 Å². The Hall–Kier alpha value is -8.66. The molecule has 15 rings (SSSR count). The number of fused-ring (bicyclic) bond motifs is 6. The topological polar surface area (TPSA) is 13.1 Å². The average molecular weight is 824 g/mol. The summed E-state index contributed by atoms with van der Waals surface area (Å²) in [5.74, 6) is 0. The van der Waals surface area contributed by atoms with E-state index in [-0.39, 0.29) is 0 Å². The maximum absolute atomic E-state index is 2.58. The zero-order chi connectivity index (χ0) is 42.3. The van der Waals surface area contributed by atoms with E-state index < -0.39 is 0 Å². The van der Waals surface area contributed by atoms with Crippen LogP contribution in [0.3, 0.4) is 0 Å². The molecular weight excluding hydrogens is 787 g/mol. The summed E-state index contributed by atoms with van der Waals surface area (Å²) >= 11 is 0. The van der Waals surface area contributed by atoms with Gasteiger partial charge in [0.05, 0.1) is 44.8 Å². The predicted molar refractivity (Wildman–Crippen MR) is 277 cm³/mol. The van der Waals surface area contributed by atoms with Gasteiger partial charge in [-0.15, -0.1) is 0 Å². The SMILES string of the molecule is c1ccc(-n2c3ccccc3c3c(-n4c5ccccc5c5c(N(c6ccc7ccc8cccc9ccc6c7c89)c6ccc7ccc8cccc9ccc6c7c89)cccc54)cccc32)cc1. The van der Waals surface area contributed by atoms with Gasteiger partial charge in [-0.1, -0.05) is 164 Å². The first-order valence-corrected chi connectivity index (χ1v) is 22.5. The van der Waals surface area contributed by atoms with Gasteiger partial charge in [-0.3, -0.25) is 0 Å². The number of anilines is 3. The number of para-hydroxylation sites is 3. The maximum atomic E-state index is 2.58. The van der Waals surface area contributed by atoms with Crippen LogP contribution in [0, 0.1) is 0 Å². The lowest BCUT2D eigenvalue weighted by Gasteiger charge is -2.30. The summed E-state index contributed by atoms with van der Waals surface area (Å²) in [6.45, 7) is 0. The van der Waals surface area contributed by atoms with Crippen molar-refractivity contribution < 1.29 is 0 Å². The Morgan fingerprint density at radius 2 is 0.662 bits per heavy atom. The Labute approximate surface area is 373 Å². The first kappa shape index (κ1) is 34.9. The summed E-state index contributed by atoms with van der Waals surface area (Å²) in [4.78, 5) is 2.58. The number of rotatable bonds is 5. The predicted octanol–water partition coefficient (Wildman–Crippen LogP) is 17.1. The van der Waals surface area contributed by atoms with Gasteiger partial charge >= 0.3 is 0 Å². The van der Waals surface area contributed by atoms with E-state index in [1.807, 2.05) is 0 Å². The first-order chi connectivity index (χ1) is 32.3. The number of aromatic nitrogens is 2. The fourth-order valence-corrected chi connectivity index (χ4v) is 11.7. The van der Waals surface area contributed by atoms with E-state index in [0.29, 0.717) is 0 Å². The van der Waals surface area contributed by atoms with Crippen LogP contribution in [0.15, 0.2) is 224 Å². The Bertz CT molecular complexity index is 4240. The minimum Gasteiger partial charge on any atom is -0.309 e. The Kier molecular flexibility index (Phi) is 6.95. The minimum atomic E-state index is 1.14. The van der Waals surface area contributed by atoms with Gasteiger partial charge in [-0.2, -0.15) is 0 Å². The second-order valence-electron chi connectivity index (χ2n) is 17.6. The van der Waals surface area contributed by atoms with E-state index in [2.05, 4.69) is 238 Å². The van der Waals surface area contributed by atoms with Crippen molar-refractivity contribution in [1.82, 2.24) is 9.13 Å². The minimum absolute atomic E-state index is 1.14. The molecule has 15 aromatic rings. The summed E-state index contributed by atoms with van der Waals surface area (Å²) in [5.41, 5.74) is 10.5. The first-order valence-electron chi connectivity index (χ1n) is 22.5. The van der Waals surface area contributed by atoms with Gasteiger partial charge < -0.3 is 14.0 Å². The van der Waals surface area contributed by atoms with Gasteiger partial charge in [0, 0.05) is 38.0 Å². The third-order valence-electron chi connectivity index (χ3n) is 14.3. The van der Waals surface area contributed by atoms with Gasteiger partial charge in [0.1, 0.15) is 0 Å². The van der Waals surface area contributed by atoms with Crippen LogP contribution in [0.5, 0.6) is 0 Å². The van der Waals surface area contributed by atoms with Crippen molar-refractivity contribution in [3.05, 3.63) is 224 Å². The van der Waals surface area contributed by atoms with Gasteiger partial charge in [0.15, 0.2) is 0 Å². The van der Waals surface area contributed by atoms with Crippen molar-refractivity contribution in [3.63, 3.8) is 0 Å². The number of benzene rings is 13. The highest BCUT2D eigenvalue weighted by Crippen LogP contribution is 2.51. The second kappa shape index (κ2) is 12.9. The molecular formula is C62H37N3. The zero-order valence-corrected chi connectivity index (χ0v) is 35.2. The van der Waals surface area contributed by atoms with E-state index in [1.165, 1.54) is 103 Å². The van der Waals surface area contributed by atoms with Crippen molar-refractivity contribution >= 4 is 125 Å². The Morgan fingerprint density at radius 3 is 1.26 bits per heavy atom. The highest BCUT2D eigenvalue weighted by Gasteiger charge is 2.26. The lowest BCUT2D eigenvalue weighted by molar-refractivity contribution is 1.17. The van der Waals surface area contributed by atoms with Crippen molar-refractivity contribution in [1.29, 1.82) is 0 Å². The van der Waals surface area contributed by atoms with Gasteiger partial charge in [0.2, 0.25) is 0 Å². The molecule has 65 heavy (non-hydrogen) atoms. The Balaban J connectivity index is 1.08. The molecule has 2 aromatic heterocycles. The van der Waals surface area contributed by atoms with Crippen molar-refractivity contribution in [3.8, 4) is 11.4 Å². The van der Waals surface area contributed by atoms with Crippen LogP contribution in [0.1, 0.15) is 0 Å². The van der Waals surface area contributed by atoms with E-state index >= 15 is 0 Å². The van der Waals surface area contributed by atoms with Crippen LogP contribution in [-0.2, 0) is 0 Å². The molecule has 3 nitrogen and oxygen atoms in total. The van der Waals surface area contributed by atoms with E-state index in [4.69, 9.17) is 0 Å². The van der Waals surface area contributed by atoms with Gasteiger partial charge in [-0.25, -0.2) is 0 Å². The molecule has 0 unspecified atom stereocenters. The molecule has 0 saturated carbocycles. The standard InChI is InChI=1S/C62H37N3/c1-2-16-44(17-3-1)63-49-20-6-4-18-45(49)61-53(63)22-10-24-55(61)65-50-21-7-5-19-46(50)62-54(23-11-25-56(62)65)64(51-36-32-42-28-26-38-12-8-14-40-30-34-47(51)59(42)57(38)40)52-37-33-43-29-27-39-13-9-15-41-31-35-48(52)60(43)58(39)41/h1-37H. The van der Waals surface area contributed by atoms with Crippen LogP contribution < -0.4 is 4.90 Å². The highest BCUT2D eigenvalue weighted by molar-refractivity contribution is 6.30. The fourth-order valence-electron chi connectivity index (χ4n) is 11.7. The lowest BCUT2D eigenvalue weighted by Crippen LogP contribution is -2.12. The van der Waals surface area contributed by atoms with Gasteiger partial charge in [0.25, 0.3) is 0 Å². The number of hydrogen-bond donors (Lipinski definition) is 0. The number of hydrogen-bond acceptors (Lipinski definition) is 1. The van der Waals surface area contributed by atoms with E-state index in [0.717, 1.165) is 34.0 Å².